The second-order valence-electron chi connectivity index (χ2n) is 4.80. The standard InChI is InChI=1S/C17H16F3NO3/c1-3-24-14-9-8-11(10-15(14)23-2)16(22)21-13-7-5-4-6-12(13)17(18,19)20/h4-10H,3H2,1-2H3,(H,21,22). The van der Waals surface area contributed by atoms with Gasteiger partial charge in [-0.05, 0) is 37.3 Å². The molecular weight excluding hydrogens is 323 g/mol. The summed E-state index contributed by atoms with van der Waals surface area (Å²) in [5, 5.41) is 2.28. The van der Waals surface area contributed by atoms with Gasteiger partial charge in [0.1, 0.15) is 0 Å². The van der Waals surface area contributed by atoms with Gasteiger partial charge in [0, 0.05) is 5.56 Å². The molecule has 1 N–H and O–H groups in total. The van der Waals surface area contributed by atoms with Gasteiger partial charge < -0.3 is 14.8 Å². The molecule has 2 aromatic carbocycles. The number of rotatable bonds is 5. The van der Waals surface area contributed by atoms with Gasteiger partial charge in [0.05, 0.1) is 25.0 Å². The van der Waals surface area contributed by atoms with Gasteiger partial charge in [-0.25, -0.2) is 0 Å². The van der Waals surface area contributed by atoms with Crippen molar-refractivity contribution >= 4 is 11.6 Å². The van der Waals surface area contributed by atoms with Crippen molar-refractivity contribution in [2.45, 2.75) is 13.1 Å². The molecule has 0 aliphatic carbocycles. The van der Waals surface area contributed by atoms with Crippen LogP contribution in [0.4, 0.5) is 18.9 Å². The van der Waals surface area contributed by atoms with E-state index >= 15 is 0 Å². The van der Waals surface area contributed by atoms with Crippen molar-refractivity contribution in [1.29, 1.82) is 0 Å². The number of nitrogens with one attached hydrogen (secondary N) is 1. The molecule has 0 saturated heterocycles. The van der Waals surface area contributed by atoms with Crippen molar-refractivity contribution in [3.63, 3.8) is 0 Å². The number of para-hydroxylation sites is 1. The number of amides is 1. The summed E-state index contributed by atoms with van der Waals surface area (Å²) < 4.78 is 49.4. The van der Waals surface area contributed by atoms with Crippen LogP contribution in [0.5, 0.6) is 11.5 Å². The first-order valence-electron chi connectivity index (χ1n) is 7.15. The smallest absolute Gasteiger partial charge is 0.418 e. The van der Waals surface area contributed by atoms with E-state index in [-0.39, 0.29) is 11.3 Å². The van der Waals surface area contributed by atoms with Crippen LogP contribution in [-0.4, -0.2) is 19.6 Å². The lowest BCUT2D eigenvalue weighted by Crippen LogP contribution is -2.16. The molecule has 0 fully saturated rings. The Bertz CT molecular complexity index is 729. The molecule has 0 radical (unpaired) electrons. The Hall–Kier alpha value is -2.70. The van der Waals surface area contributed by atoms with E-state index in [1.165, 1.54) is 43.5 Å². The molecule has 0 aliphatic rings. The zero-order valence-corrected chi connectivity index (χ0v) is 13.1. The first-order chi connectivity index (χ1) is 11.4. The van der Waals surface area contributed by atoms with Crippen molar-refractivity contribution < 1.29 is 27.4 Å². The number of halogens is 3. The molecule has 0 bridgehead atoms. The van der Waals surface area contributed by atoms with Gasteiger partial charge in [0.2, 0.25) is 0 Å². The molecule has 7 heteroatoms. The molecule has 4 nitrogen and oxygen atoms in total. The number of carbonyl (C=O) groups is 1. The summed E-state index contributed by atoms with van der Waals surface area (Å²) in [6.45, 7) is 2.22. The summed E-state index contributed by atoms with van der Waals surface area (Å²) in [4.78, 5) is 12.3. The Kier molecular flexibility index (Phi) is 5.33. The lowest BCUT2D eigenvalue weighted by Gasteiger charge is -2.14. The topological polar surface area (TPSA) is 47.6 Å². The highest BCUT2D eigenvalue weighted by atomic mass is 19.4. The number of alkyl halides is 3. The largest absolute Gasteiger partial charge is 0.493 e. The van der Waals surface area contributed by atoms with E-state index in [0.717, 1.165) is 6.07 Å². The van der Waals surface area contributed by atoms with Crippen molar-refractivity contribution in [3.8, 4) is 11.5 Å². The fourth-order valence-corrected chi connectivity index (χ4v) is 2.12. The van der Waals surface area contributed by atoms with Crippen molar-refractivity contribution in [3.05, 3.63) is 53.6 Å². The highest BCUT2D eigenvalue weighted by Crippen LogP contribution is 2.35. The number of hydrogen-bond donors (Lipinski definition) is 1. The highest BCUT2D eigenvalue weighted by Gasteiger charge is 2.33. The maximum Gasteiger partial charge on any atom is 0.418 e. The minimum atomic E-state index is -4.56. The molecule has 2 rings (SSSR count). The summed E-state index contributed by atoms with van der Waals surface area (Å²) >= 11 is 0. The predicted molar refractivity (Wildman–Crippen MR) is 83.6 cm³/mol. The van der Waals surface area contributed by atoms with E-state index in [2.05, 4.69) is 5.32 Å². The molecule has 1 amide bonds. The number of carbonyl (C=O) groups excluding carboxylic acids is 1. The van der Waals surface area contributed by atoms with Crippen LogP contribution < -0.4 is 14.8 Å². The summed E-state index contributed by atoms with van der Waals surface area (Å²) in [7, 11) is 1.42. The van der Waals surface area contributed by atoms with Crippen LogP contribution in [0.3, 0.4) is 0 Å². The Morgan fingerprint density at radius 1 is 1.12 bits per heavy atom. The van der Waals surface area contributed by atoms with Crippen LogP contribution in [0, 0.1) is 0 Å². The average molecular weight is 339 g/mol. The van der Waals surface area contributed by atoms with Gasteiger partial charge in [0.25, 0.3) is 5.91 Å². The summed E-state index contributed by atoms with van der Waals surface area (Å²) in [6.07, 6.45) is -4.56. The first kappa shape index (κ1) is 17.7. The third-order valence-electron chi connectivity index (χ3n) is 3.21. The van der Waals surface area contributed by atoms with Crippen LogP contribution in [-0.2, 0) is 6.18 Å². The average Bonchev–Trinajstić information content (AvgIpc) is 2.55. The number of anilines is 1. The quantitative estimate of drug-likeness (QED) is 0.880. The minimum Gasteiger partial charge on any atom is -0.493 e. The Morgan fingerprint density at radius 2 is 1.83 bits per heavy atom. The molecule has 0 spiro atoms. The second-order valence-corrected chi connectivity index (χ2v) is 4.80. The molecule has 0 aliphatic heterocycles. The molecule has 0 saturated carbocycles. The monoisotopic (exact) mass is 339 g/mol. The Morgan fingerprint density at radius 3 is 2.46 bits per heavy atom. The lowest BCUT2D eigenvalue weighted by atomic mass is 10.1. The molecule has 24 heavy (non-hydrogen) atoms. The van der Waals surface area contributed by atoms with Crippen molar-refractivity contribution in [2.24, 2.45) is 0 Å². The second kappa shape index (κ2) is 7.25. The van der Waals surface area contributed by atoms with Gasteiger partial charge in [-0.2, -0.15) is 13.2 Å². The Balaban J connectivity index is 2.28. The van der Waals surface area contributed by atoms with Crippen LogP contribution in [0.25, 0.3) is 0 Å². The maximum atomic E-state index is 13.0. The fourth-order valence-electron chi connectivity index (χ4n) is 2.12. The Labute approximate surface area is 137 Å². The molecule has 0 unspecified atom stereocenters. The molecule has 2 aromatic rings. The molecule has 0 heterocycles. The van der Waals surface area contributed by atoms with E-state index in [9.17, 15) is 18.0 Å². The van der Waals surface area contributed by atoms with Gasteiger partial charge in [-0.3, -0.25) is 4.79 Å². The molecule has 0 atom stereocenters. The van der Waals surface area contributed by atoms with Crippen LogP contribution >= 0.6 is 0 Å². The van der Waals surface area contributed by atoms with Gasteiger partial charge in [0.15, 0.2) is 11.5 Å². The first-order valence-corrected chi connectivity index (χ1v) is 7.15. The van der Waals surface area contributed by atoms with Crippen LogP contribution in [0.2, 0.25) is 0 Å². The highest BCUT2D eigenvalue weighted by molar-refractivity contribution is 6.05. The third-order valence-corrected chi connectivity index (χ3v) is 3.21. The normalized spacial score (nSPS) is 11.0. The summed E-state index contributed by atoms with van der Waals surface area (Å²) in [6, 6.07) is 9.20. The summed E-state index contributed by atoms with van der Waals surface area (Å²) in [5.41, 5.74) is -1.05. The van der Waals surface area contributed by atoms with E-state index in [0.29, 0.717) is 18.1 Å². The maximum absolute atomic E-state index is 13.0. The summed E-state index contributed by atoms with van der Waals surface area (Å²) in [5.74, 6) is 0.105. The van der Waals surface area contributed by atoms with E-state index in [1.807, 2.05) is 0 Å². The van der Waals surface area contributed by atoms with Crippen LogP contribution in [0.1, 0.15) is 22.8 Å². The lowest BCUT2D eigenvalue weighted by molar-refractivity contribution is -0.136. The third kappa shape index (κ3) is 3.98. The SMILES string of the molecule is CCOc1ccc(C(=O)Nc2ccccc2C(F)(F)F)cc1OC. The number of hydrogen-bond acceptors (Lipinski definition) is 3. The van der Waals surface area contributed by atoms with E-state index in [1.54, 1.807) is 6.92 Å². The van der Waals surface area contributed by atoms with E-state index < -0.39 is 17.6 Å². The molecule has 128 valence electrons. The predicted octanol–water partition coefficient (Wildman–Crippen LogP) is 4.37. The zero-order valence-electron chi connectivity index (χ0n) is 13.1. The fraction of sp³-hybridized carbons (Fsp3) is 0.235. The van der Waals surface area contributed by atoms with Crippen molar-refractivity contribution in [1.82, 2.24) is 0 Å². The van der Waals surface area contributed by atoms with Gasteiger partial charge >= 0.3 is 6.18 Å². The number of benzene rings is 2. The molecular formula is C17H16F3NO3. The number of methoxy groups -OCH3 is 1. The van der Waals surface area contributed by atoms with Crippen molar-refractivity contribution in [2.75, 3.05) is 19.0 Å². The number of ether oxygens (including phenoxy) is 2. The van der Waals surface area contributed by atoms with Crippen LogP contribution in [0.15, 0.2) is 42.5 Å². The zero-order chi connectivity index (χ0) is 17.7. The minimum absolute atomic E-state index is 0.160. The van der Waals surface area contributed by atoms with Gasteiger partial charge in [-0.15, -0.1) is 0 Å². The van der Waals surface area contributed by atoms with Gasteiger partial charge in [-0.1, -0.05) is 12.1 Å². The molecule has 0 aromatic heterocycles. The van der Waals surface area contributed by atoms with E-state index in [4.69, 9.17) is 9.47 Å².